The van der Waals surface area contributed by atoms with Gasteiger partial charge in [-0.15, -0.1) is 0 Å². The summed E-state index contributed by atoms with van der Waals surface area (Å²) in [6.45, 7) is 3.80. The van der Waals surface area contributed by atoms with Gasteiger partial charge in [-0.25, -0.2) is 13.2 Å². The van der Waals surface area contributed by atoms with E-state index in [-0.39, 0.29) is 17.2 Å². The van der Waals surface area contributed by atoms with E-state index in [4.69, 9.17) is 0 Å². The number of nitrogens with zero attached hydrogens (tertiary/aromatic N) is 2. The molecule has 2 amide bonds. The summed E-state index contributed by atoms with van der Waals surface area (Å²) in [6.07, 6.45) is -4.56. The molecule has 0 aromatic heterocycles. The maximum atomic E-state index is 13.3. The molecule has 4 rings (SSSR count). The SMILES string of the molecule is Cc1ccc(N2C(=O)N(c3cccc(C(F)(F)F)c3)[C@@H]3CS(=O)(=O)C[C@H]32)cc1C. The molecular formula is C20H19F3N2O3S. The number of carbonyl (C=O) groups is 1. The maximum Gasteiger partial charge on any atom is 0.416 e. The molecule has 0 saturated carbocycles. The van der Waals surface area contributed by atoms with E-state index in [1.807, 2.05) is 19.9 Å². The van der Waals surface area contributed by atoms with E-state index in [0.29, 0.717) is 5.69 Å². The number of rotatable bonds is 2. The van der Waals surface area contributed by atoms with Gasteiger partial charge in [0.05, 0.1) is 29.2 Å². The average Bonchev–Trinajstić information content (AvgIpc) is 3.05. The van der Waals surface area contributed by atoms with E-state index in [2.05, 4.69) is 0 Å². The second-order valence-electron chi connectivity index (χ2n) is 7.55. The van der Waals surface area contributed by atoms with E-state index in [1.165, 1.54) is 21.9 Å². The van der Waals surface area contributed by atoms with Gasteiger partial charge in [-0.05, 0) is 55.3 Å². The molecule has 2 saturated heterocycles. The molecule has 2 aliphatic rings. The molecule has 2 heterocycles. The van der Waals surface area contributed by atoms with Crippen LogP contribution in [-0.4, -0.2) is 38.0 Å². The second kappa shape index (κ2) is 6.48. The highest BCUT2D eigenvalue weighted by molar-refractivity contribution is 7.91. The number of amides is 2. The van der Waals surface area contributed by atoms with Crippen LogP contribution >= 0.6 is 0 Å². The third-order valence-electron chi connectivity index (χ3n) is 5.59. The topological polar surface area (TPSA) is 57.7 Å². The van der Waals surface area contributed by atoms with E-state index in [9.17, 15) is 26.4 Å². The Balaban J connectivity index is 1.81. The van der Waals surface area contributed by atoms with Crippen LogP contribution in [0.3, 0.4) is 0 Å². The van der Waals surface area contributed by atoms with Crippen LogP contribution in [0.1, 0.15) is 16.7 Å². The maximum absolute atomic E-state index is 13.3. The number of urea groups is 1. The van der Waals surface area contributed by atoms with Crippen LogP contribution in [0, 0.1) is 13.8 Å². The summed E-state index contributed by atoms with van der Waals surface area (Å²) >= 11 is 0. The molecule has 154 valence electrons. The van der Waals surface area contributed by atoms with Gasteiger partial charge in [0.1, 0.15) is 0 Å². The first-order valence-corrected chi connectivity index (χ1v) is 10.9. The van der Waals surface area contributed by atoms with Gasteiger partial charge >= 0.3 is 12.2 Å². The molecular weight excluding hydrogens is 405 g/mol. The summed E-state index contributed by atoms with van der Waals surface area (Å²) in [5.74, 6) is -0.493. The minimum atomic E-state index is -4.56. The number of anilines is 2. The smallest absolute Gasteiger partial charge is 0.288 e. The summed E-state index contributed by atoms with van der Waals surface area (Å²) < 4.78 is 64.1. The Kier molecular flexibility index (Phi) is 4.41. The Morgan fingerprint density at radius 1 is 0.897 bits per heavy atom. The molecule has 5 nitrogen and oxygen atoms in total. The molecule has 0 spiro atoms. The summed E-state index contributed by atoms with van der Waals surface area (Å²) in [5.41, 5.74) is 1.66. The van der Waals surface area contributed by atoms with Gasteiger partial charge in [0.2, 0.25) is 0 Å². The molecule has 0 aliphatic carbocycles. The van der Waals surface area contributed by atoms with Crippen LogP contribution in [0.2, 0.25) is 0 Å². The van der Waals surface area contributed by atoms with Crippen LogP contribution in [0.5, 0.6) is 0 Å². The van der Waals surface area contributed by atoms with E-state index in [1.54, 1.807) is 12.1 Å². The van der Waals surface area contributed by atoms with Gasteiger partial charge < -0.3 is 0 Å². The number of carbonyl (C=O) groups excluding carboxylic acids is 1. The molecule has 2 aliphatic heterocycles. The monoisotopic (exact) mass is 424 g/mol. The van der Waals surface area contributed by atoms with Gasteiger partial charge in [-0.1, -0.05) is 12.1 Å². The van der Waals surface area contributed by atoms with Gasteiger partial charge in [0.25, 0.3) is 0 Å². The van der Waals surface area contributed by atoms with Gasteiger partial charge in [0, 0.05) is 11.4 Å². The van der Waals surface area contributed by atoms with Crippen molar-refractivity contribution in [2.75, 3.05) is 21.3 Å². The summed E-state index contributed by atoms with van der Waals surface area (Å²) in [4.78, 5) is 15.9. The number of alkyl halides is 3. The zero-order chi connectivity index (χ0) is 21.1. The molecule has 0 N–H and O–H groups in total. The first-order valence-electron chi connectivity index (χ1n) is 9.05. The molecule has 2 fully saturated rings. The average molecular weight is 424 g/mol. The zero-order valence-electron chi connectivity index (χ0n) is 15.8. The molecule has 29 heavy (non-hydrogen) atoms. The van der Waals surface area contributed by atoms with Crippen molar-refractivity contribution in [1.29, 1.82) is 0 Å². The van der Waals surface area contributed by atoms with Crippen LogP contribution in [-0.2, 0) is 16.0 Å². The molecule has 0 unspecified atom stereocenters. The van der Waals surface area contributed by atoms with Crippen molar-refractivity contribution >= 4 is 27.2 Å². The lowest BCUT2D eigenvalue weighted by Crippen LogP contribution is -2.38. The van der Waals surface area contributed by atoms with Gasteiger partial charge in [0.15, 0.2) is 9.84 Å². The van der Waals surface area contributed by atoms with Crippen molar-refractivity contribution in [3.05, 3.63) is 59.2 Å². The highest BCUT2D eigenvalue weighted by atomic mass is 32.2. The fourth-order valence-corrected chi connectivity index (χ4v) is 5.93. The fraction of sp³-hybridized carbons (Fsp3) is 0.350. The molecule has 2 atom stereocenters. The van der Waals surface area contributed by atoms with E-state index < -0.39 is 39.7 Å². The quantitative estimate of drug-likeness (QED) is 0.687. The zero-order valence-corrected chi connectivity index (χ0v) is 16.6. The number of benzene rings is 2. The van der Waals surface area contributed by atoms with E-state index >= 15 is 0 Å². The van der Waals surface area contributed by atoms with Crippen LogP contribution < -0.4 is 9.80 Å². The number of sulfone groups is 1. The van der Waals surface area contributed by atoms with Crippen molar-refractivity contribution in [1.82, 2.24) is 0 Å². The molecule has 9 heteroatoms. The van der Waals surface area contributed by atoms with Gasteiger partial charge in [-0.3, -0.25) is 9.80 Å². The molecule has 2 aromatic rings. The summed E-state index contributed by atoms with van der Waals surface area (Å²) in [7, 11) is -3.43. The summed E-state index contributed by atoms with van der Waals surface area (Å²) in [5, 5.41) is 0. The molecule has 0 bridgehead atoms. The Morgan fingerprint density at radius 3 is 2.03 bits per heavy atom. The number of aryl methyl sites for hydroxylation is 2. The Hall–Kier alpha value is -2.55. The number of hydrogen-bond acceptors (Lipinski definition) is 3. The Labute approximate surface area is 166 Å². The lowest BCUT2D eigenvalue weighted by Gasteiger charge is -2.23. The first-order chi connectivity index (χ1) is 13.5. The minimum absolute atomic E-state index is 0.0447. The van der Waals surface area contributed by atoms with Crippen molar-refractivity contribution in [2.45, 2.75) is 32.1 Å². The van der Waals surface area contributed by atoms with Crippen molar-refractivity contribution in [3.63, 3.8) is 0 Å². The highest BCUT2D eigenvalue weighted by Crippen LogP contribution is 2.40. The third kappa shape index (κ3) is 3.37. The fourth-order valence-electron chi connectivity index (χ4n) is 4.01. The standard InChI is InChI=1S/C20H19F3N2O3S/c1-12-6-7-16(8-13(12)2)25-18-11-29(27,28)10-17(18)24(19(25)26)15-5-3-4-14(9-15)20(21,22)23/h3-9,17-18H,10-11H2,1-2H3/t17-,18-/m1/s1. The lowest BCUT2D eigenvalue weighted by atomic mass is 10.1. The van der Waals surface area contributed by atoms with Crippen molar-refractivity contribution in [2.24, 2.45) is 0 Å². The molecule has 0 radical (unpaired) electrons. The highest BCUT2D eigenvalue weighted by Gasteiger charge is 2.54. The molecule has 2 aromatic carbocycles. The predicted octanol–water partition coefficient (Wildman–Crippen LogP) is 3.93. The lowest BCUT2D eigenvalue weighted by molar-refractivity contribution is -0.137. The van der Waals surface area contributed by atoms with E-state index in [0.717, 1.165) is 23.3 Å². The number of fused-ring (bicyclic) bond motifs is 1. The number of halogens is 3. The first kappa shape index (κ1) is 19.8. The van der Waals surface area contributed by atoms with Crippen LogP contribution in [0.4, 0.5) is 29.3 Å². The number of hydrogen-bond donors (Lipinski definition) is 0. The third-order valence-corrected chi connectivity index (χ3v) is 7.29. The van der Waals surface area contributed by atoms with Crippen molar-refractivity contribution < 1.29 is 26.4 Å². The second-order valence-corrected chi connectivity index (χ2v) is 9.70. The summed E-state index contributed by atoms with van der Waals surface area (Å²) in [6, 6.07) is 7.91. The van der Waals surface area contributed by atoms with Crippen molar-refractivity contribution in [3.8, 4) is 0 Å². The van der Waals surface area contributed by atoms with Crippen LogP contribution in [0.25, 0.3) is 0 Å². The minimum Gasteiger partial charge on any atom is -0.288 e. The normalized spacial score (nSPS) is 23.6. The Bertz CT molecular complexity index is 1100. The Morgan fingerprint density at radius 2 is 1.48 bits per heavy atom. The predicted molar refractivity (Wildman–Crippen MR) is 104 cm³/mol. The van der Waals surface area contributed by atoms with Gasteiger partial charge in [-0.2, -0.15) is 13.2 Å². The van der Waals surface area contributed by atoms with Crippen LogP contribution in [0.15, 0.2) is 42.5 Å². The largest absolute Gasteiger partial charge is 0.416 e.